The van der Waals surface area contributed by atoms with E-state index in [-0.39, 0.29) is 0 Å². The van der Waals surface area contributed by atoms with Gasteiger partial charge in [0.15, 0.2) is 0 Å². The highest BCUT2D eigenvalue weighted by atomic mass is 16.3. The van der Waals surface area contributed by atoms with Crippen LogP contribution < -0.4 is 5.32 Å². The van der Waals surface area contributed by atoms with Gasteiger partial charge in [0.05, 0.1) is 12.8 Å². The van der Waals surface area contributed by atoms with Gasteiger partial charge in [-0.05, 0) is 32.5 Å². The molecule has 0 radical (unpaired) electrons. The molecule has 0 unspecified atom stereocenters. The van der Waals surface area contributed by atoms with E-state index in [4.69, 9.17) is 4.42 Å². The smallest absolute Gasteiger partial charge is 0.118 e. The Hall–Kier alpha value is -0.800. The summed E-state index contributed by atoms with van der Waals surface area (Å²) in [4.78, 5) is 2.49. The van der Waals surface area contributed by atoms with E-state index in [1.165, 1.54) is 18.4 Å². The van der Waals surface area contributed by atoms with Crippen LogP contribution in [-0.2, 0) is 13.1 Å². The van der Waals surface area contributed by atoms with Crippen molar-refractivity contribution in [3.05, 3.63) is 23.7 Å². The van der Waals surface area contributed by atoms with Crippen LogP contribution in [0.2, 0.25) is 0 Å². The van der Waals surface area contributed by atoms with Crippen LogP contribution in [0.1, 0.15) is 31.1 Å². The molecule has 0 amide bonds. The molecule has 0 atom stereocenters. The molecular formula is C12H20N2O. The van der Waals surface area contributed by atoms with Gasteiger partial charge in [-0.1, -0.05) is 6.92 Å². The summed E-state index contributed by atoms with van der Waals surface area (Å²) in [5, 5.41) is 3.13. The van der Waals surface area contributed by atoms with Gasteiger partial charge in [-0.3, -0.25) is 4.90 Å². The Balaban J connectivity index is 1.90. The molecular weight excluding hydrogens is 188 g/mol. The van der Waals surface area contributed by atoms with Crippen molar-refractivity contribution >= 4 is 0 Å². The summed E-state index contributed by atoms with van der Waals surface area (Å²) in [5.41, 5.74) is 1.24. The number of rotatable bonds is 6. The van der Waals surface area contributed by atoms with Crippen molar-refractivity contribution in [1.29, 1.82) is 0 Å². The lowest BCUT2D eigenvalue weighted by Gasteiger charge is -2.17. The van der Waals surface area contributed by atoms with Crippen molar-refractivity contribution in [2.75, 3.05) is 13.6 Å². The summed E-state index contributed by atoms with van der Waals surface area (Å²) < 4.78 is 5.55. The Morgan fingerprint density at radius 3 is 2.93 bits per heavy atom. The minimum atomic E-state index is 0.813. The first-order valence-corrected chi connectivity index (χ1v) is 5.78. The molecule has 0 spiro atoms. The molecule has 1 fully saturated rings. The molecule has 1 aromatic heterocycles. The molecule has 0 aliphatic heterocycles. The summed E-state index contributed by atoms with van der Waals surface area (Å²) >= 11 is 0. The summed E-state index contributed by atoms with van der Waals surface area (Å²) in [6, 6.07) is 2.97. The topological polar surface area (TPSA) is 28.4 Å². The molecule has 0 bridgehead atoms. The molecule has 1 aliphatic carbocycles. The maximum Gasteiger partial charge on any atom is 0.118 e. The van der Waals surface area contributed by atoms with Crippen LogP contribution in [0.4, 0.5) is 0 Å². The van der Waals surface area contributed by atoms with Crippen LogP contribution >= 0.6 is 0 Å². The number of hydrogen-bond acceptors (Lipinski definition) is 3. The average Bonchev–Trinajstić information content (AvgIpc) is 2.98. The molecule has 1 heterocycles. The zero-order chi connectivity index (χ0) is 10.7. The fraction of sp³-hybridized carbons (Fsp3) is 0.667. The van der Waals surface area contributed by atoms with E-state index in [2.05, 4.69) is 23.2 Å². The molecule has 84 valence electrons. The van der Waals surface area contributed by atoms with Crippen molar-refractivity contribution in [2.24, 2.45) is 0 Å². The summed E-state index contributed by atoms with van der Waals surface area (Å²) in [7, 11) is 1.95. The Kier molecular flexibility index (Phi) is 3.44. The highest BCUT2D eigenvalue weighted by Gasteiger charge is 2.28. The predicted octanol–water partition coefficient (Wildman–Crippen LogP) is 1.98. The van der Waals surface area contributed by atoms with Crippen molar-refractivity contribution in [3.8, 4) is 0 Å². The van der Waals surface area contributed by atoms with Gasteiger partial charge < -0.3 is 9.73 Å². The Labute approximate surface area is 91.4 Å². The van der Waals surface area contributed by atoms with E-state index < -0.39 is 0 Å². The number of nitrogens with zero attached hydrogens (tertiary/aromatic N) is 1. The van der Waals surface area contributed by atoms with Gasteiger partial charge in [-0.15, -0.1) is 0 Å². The zero-order valence-corrected chi connectivity index (χ0v) is 9.62. The zero-order valence-electron chi connectivity index (χ0n) is 9.62. The van der Waals surface area contributed by atoms with Gasteiger partial charge in [0.1, 0.15) is 5.76 Å². The molecule has 1 N–H and O–H groups in total. The number of furan rings is 1. The van der Waals surface area contributed by atoms with Gasteiger partial charge >= 0.3 is 0 Å². The molecule has 2 rings (SSSR count). The highest BCUT2D eigenvalue weighted by molar-refractivity contribution is 5.12. The second kappa shape index (κ2) is 4.81. The third-order valence-corrected chi connectivity index (χ3v) is 2.92. The molecule has 1 saturated carbocycles. The second-order valence-corrected chi connectivity index (χ2v) is 4.25. The lowest BCUT2D eigenvalue weighted by molar-refractivity contribution is 0.246. The van der Waals surface area contributed by atoms with Crippen molar-refractivity contribution < 1.29 is 4.42 Å². The predicted molar refractivity (Wildman–Crippen MR) is 60.6 cm³/mol. The van der Waals surface area contributed by atoms with Gasteiger partial charge in [-0.2, -0.15) is 0 Å². The molecule has 0 saturated heterocycles. The Morgan fingerprint density at radius 1 is 1.53 bits per heavy atom. The van der Waals surface area contributed by atoms with Crippen LogP contribution in [0.5, 0.6) is 0 Å². The first-order valence-electron chi connectivity index (χ1n) is 5.78. The number of hydrogen-bond donors (Lipinski definition) is 1. The van der Waals surface area contributed by atoms with E-state index in [0.717, 1.165) is 31.4 Å². The highest BCUT2D eigenvalue weighted by Crippen LogP contribution is 2.28. The summed E-state index contributed by atoms with van der Waals surface area (Å²) in [6.07, 6.45) is 4.57. The monoisotopic (exact) mass is 208 g/mol. The average molecular weight is 208 g/mol. The fourth-order valence-corrected chi connectivity index (χ4v) is 1.94. The van der Waals surface area contributed by atoms with Crippen LogP contribution in [0.3, 0.4) is 0 Å². The van der Waals surface area contributed by atoms with Crippen LogP contribution in [0.25, 0.3) is 0 Å². The Bertz CT molecular complexity index is 304. The van der Waals surface area contributed by atoms with Gasteiger partial charge in [0.25, 0.3) is 0 Å². The second-order valence-electron chi connectivity index (χ2n) is 4.25. The van der Waals surface area contributed by atoms with E-state index in [1.807, 2.05) is 13.3 Å². The van der Waals surface area contributed by atoms with Gasteiger partial charge in [-0.25, -0.2) is 0 Å². The summed E-state index contributed by atoms with van der Waals surface area (Å²) in [6.45, 7) is 5.19. The van der Waals surface area contributed by atoms with Crippen LogP contribution in [-0.4, -0.2) is 24.5 Å². The van der Waals surface area contributed by atoms with Crippen molar-refractivity contribution in [1.82, 2.24) is 10.2 Å². The third-order valence-electron chi connectivity index (χ3n) is 2.92. The van der Waals surface area contributed by atoms with E-state index in [0.29, 0.717) is 0 Å². The van der Waals surface area contributed by atoms with Crippen molar-refractivity contribution in [3.63, 3.8) is 0 Å². The van der Waals surface area contributed by atoms with Crippen LogP contribution in [0.15, 0.2) is 16.7 Å². The summed E-state index contributed by atoms with van der Waals surface area (Å²) in [5.74, 6) is 1.09. The van der Waals surface area contributed by atoms with Crippen LogP contribution in [0, 0.1) is 0 Å². The first kappa shape index (κ1) is 10.7. The quantitative estimate of drug-likeness (QED) is 0.775. The molecule has 3 nitrogen and oxygen atoms in total. The fourth-order valence-electron chi connectivity index (χ4n) is 1.94. The first-order chi connectivity index (χ1) is 7.33. The van der Waals surface area contributed by atoms with E-state index >= 15 is 0 Å². The number of nitrogens with one attached hydrogen (secondary N) is 1. The molecule has 3 heteroatoms. The van der Waals surface area contributed by atoms with Gasteiger partial charge in [0, 0.05) is 18.2 Å². The third kappa shape index (κ3) is 2.83. The standard InChI is InChI=1S/C12H20N2O/c1-3-14(11-4-5-11)8-12-6-10(7-13-2)9-15-12/h6,9,11,13H,3-5,7-8H2,1-2H3. The van der Waals surface area contributed by atoms with E-state index in [1.54, 1.807) is 0 Å². The SMILES string of the molecule is CCN(Cc1cc(CNC)co1)C1CC1. The van der Waals surface area contributed by atoms with E-state index in [9.17, 15) is 0 Å². The molecule has 0 aromatic carbocycles. The largest absolute Gasteiger partial charge is 0.468 e. The Morgan fingerprint density at radius 2 is 2.33 bits per heavy atom. The molecule has 15 heavy (non-hydrogen) atoms. The lowest BCUT2D eigenvalue weighted by atomic mass is 10.3. The lowest BCUT2D eigenvalue weighted by Crippen LogP contribution is -2.24. The normalized spacial score (nSPS) is 16.2. The maximum atomic E-state index is 5.55. The molecule has 1 aromatic rings. The van der Waals surface area contributed by atoms with Gasteiger partial charge in [0.2, 0.25) is 0 Å². The maximum absolute atomic E-state index is 5.55. The van der Waals surface area contributed by atoms with Crippen molar-refractivity contribution in [2.45, 2.75) is 38.9 Å². The minimum Gasteiger partial charge on any atom is -0.468 e. The molecule has 1 aliphatic rings. The minimum absolute atomic E-state index is 0.813.